The summed E-state index contributed by atoms with van der Waals surface area (Å²) in [5, 5.41) is 12.0. The molecule has 3 heterocycles. The molecule has 0 bridgehead atoms. The van der Waals surface area contributed by atoms with Crippen LogP contribution in [-0.4, -0.2) is 49.9 Å². The number of amides is 1. The van der Waals surface area contributed by atoms with Crippen molar-refractivity contribution in [2.24, 2.45) is 0 Å². The van der Waals surface area contributed by atoms with Crippen LogP contribution >= 0.6 is 11.6 Å². The molecule has 1 aromatic carbocycles. The third kappa shape index (κ3) is 6.09. The summed E-state index contributed by atoms with van der Waals surface area (Å²) in [6, 6.07) is 8.88. The Hall–Kier alpha value is -4.02. The van der Waals surface area contributed by atoms with Gasteiger partial charge in [-0.15, -0.1) is 5.92 Å². The van der Waals surface area contributed by atoms with E-state index in [1.54, 1.807) is 35.8 Å². The number of nitrogens with one attached hydrogen (secondary N) is 1. The molecule has 1 N–H and O–H groups in total. The Morgan fingerprint density at radius 2 is 1.97 bits per heavy atom. The summed E-state index contributed by atoms with van der Waals surface area (Å²) in [5.41, 5.74) is 0.965. The third-order valence-electron chi connectivity index (χ3n) is 6.06. The summed E-state index contributed by atoms with van der Waals surface area (Å²) in [6.45, 7) is 8.84. The molecule has 1 fully saturated rings. The fraction of sp³-hybridized carbons (Fsp3) is 0.444. The minimum Gasteiger partial charge on any atom is -0.444 e. The van der Waals surface area contributed by atoms with Crippen LogP contribution in [0.5, 0.6) is 0 Å². The number of ether oxygens (including phenoxy) is 1. The van der Waals surface area contributed by atoms with E-state index in [1.807, 2.05) is 25.7 Å². The number of imidazole rings is 1. The van der Waals surface area contributed by atoms with E-state index in [9.17, 15) is 9.59 Å². The second kappa shape index (κ2) is 11.2. The maximum absolute atomic E-state index is 13.7. The number of piperidine rings is 1. The number of carbonyl (C=O) groups is 1. The van der Waals surface area contributed by atoms with Gasteiger partial charge in [-0.1, -0.05) is 18.1 Å². The van der Waals surface area contributed by atoms with E-state index in [1.165, 1.54) is 4.57 Å². The van der Waals surface area contributed by atoms with E-state index >= 15 is 0 Å². The SMILES string of the molecule is CC#CCn1c(N2CCCC(NC(=O)OC(C)(C)C)C2)nc2nc(Cl)n(Cc3ccc(C#N)cc3)c(=O)c21. The van der Waals surface area contributed by atoms with Crippen molar-refractivity contribution in [2.45, 2.75) is 65.3 Å². The molecule has 2 aromatic heterocycles. The van der Waals surface area contributed by atoms with Gasteiger partial charge >= 0.3 is 6.09 Å². The molecule has 0 saturated carbocycles. The van der Waals surface area contributed by atoms with Crippen LogP contribution in [0.15, 0.2) is 29.1 Å². The Bertz CT molecular complexity index is 1500. The van der Waals surface area contributed by atoms with Crippen molar-refractivity contribution < 1.29 is 9.53 Å². The average Bonchev–Trinajstić information content (AvgIpc) is 3.22. The molecular weight excluding hydrogens is 506 g/mol. The van der Waals surface area contributed by atoms with Crippen LogP contribution in [0.3, 0.4) is 0 Å². The molecule has 1 unspecified atom stereocenters. The number of nitriles is 1. The van der Waals surface area contributed by atoms with E-state index in [4.69, 9.17) is 21.6 Å². The van der Waals surface area contributed by atoms with Crippen LogP contribution in [0, 0.1) is 23.2 Å². The molecule has 1 atom stereocenters. The zero-order chi connectivity index (χ0) is 27.4. The lowest BCUT2D eigenvalue weighted by Gasteiger charge is -2.34. The smallest absolute Gasteiger partial charge is 0.407 e. The minimum absolute atomic E-state index is 0.0211. The molecule has 1 amide bonds. The first-order valence-corrected chi connectivity index (χ1v) is 12.8. The van der Waals surface area contributed by atoms with Crippen LogP contribution in [0.2, 0.25) is 5.28 Å². The fourth-order valence-electron chi connectivity index (χ4n) is 4.38. The Kier molecular flexibility index (Phi) is 7.94. The number of rotatable bonds is 5. The summed E-state index contributed by atoms with van der Waals surface area (Å²) in [7, 11) is 0. The van der Waals surface area contributed by atoms with Gasteiger partial charge in [0.05, 0.1) is 24.7 Å². The minimum atomic E-state index is -0.589. The van der Waals surface area contributed by atoms with E-state index in [0.29, 0.717) is 30.1 Å². The van der Waals surface area contributed by atoms with Crippen molar-refractivity contribution in [3.63, 3.8) is 0 Å². The monoisotopic (exact) mass is 535 g/mol. The Morgan fingerprint density at radius 1 is 1.24 bits per heavy atom. The summed E-state index contributed by atoms with van der Waals surface area (Å²) in [5.74, 6) is 6.46. The van der Waals surface area contributed by atoms with Crippen LogP contribution in [0.4, 0.5) is 10.7 Å². The van der Waals surface area contributed by atoms with E-state index in [-0.39, 0.29) is 35.6 Å². The average molecular weight is 536 g/mol. The molecule has 1 saturated heterocycles. The molecule has 198 valence electrons. The van der Waals surface area contributed by atoms with Crippen molar-refractivity contribution in [1.29, 1.82) is 5.26 Å². The van der Waals surface area contributed by atoms with Crippen molar-refractivity contribution >= 4 is 34.8 Å². The van der Waals surface area contributed by atoms with Crippen LogP contribution in [0.1, 0.15) is 51.7 Å². The Morgan fingerprint density at radius 3 is 2.63 bits per heavy atom. The predicted octanol–water partition coefficient (Wildman–Crippen LogP) is 3.68. The number of hydrogen-bond acceptors (Lipinski definition) is 7. The first-order chi connectivity index (χ1) is 18.1. The molecule has 4 rings (SSSR count). The quantitative estimate of drug-likeness (QED) is 0.391. The number of nitrogens with zero attached hydrogens (tertiary/aromatic N) is 6. The molecule has 0 radical (unpaired) electrons. The lowest BCUT2D eigenvalue weighted by molar-refractivity contribution is 0.0499. The zero-order valence-electron chi connectivity index (χ0n) is 21.9. The number of carbonyl (C=O) groups excluding carboxylic acids is 1. The molecule has 38 heavy (non-hydrogen) atoms. The Labute approximate surface area is 226 Å². The van der Waals surface area contributed by atoms with Gasteiger partial charge in [0.25, 0.3) is 5.56 Å². The number of anilines is 1. The van der Waals surface area contributed by atoms with Crippen LogP contribution in [0.25, 0.3) is 11.2 Å². The molecule has 3 aromatic rings. The van der Waals surface area contributed by atoms with Crippen LogP contribution in [-0.2, 0) is 17.8 Å². The standard InChI is InChI=1S/C27H30ClN7O3/c1-5-6-14-34-21-22(31-24(28)35(23(21)36)16-19-11-9-18(15-29)10-12-19)32-25(34)33-13-7-8-20(17-33)30-26(37)38-27(2,3)4/h9-12,20H,7-8,13-14,16-17H2,1-4H3,(H,30,37). The van der Waals surface area contributed by atoms with E-state index in [0.717, 1.165) is 18.4 Å². The highest BCUT2D eigenvalue weighted by atomic mass is 35.5. The molecule has 11 heteroatoms. The predicted molar refractivity (Wildman–Crippen MR) is 145 cm³/mol. The molecule has 1 aliphatic rings. The topological polar surface area (TPSA) is 118 Å². The van der Waals surface area contributed by atoms with E-state index < -0.39 is 11.7 Å². The van der Waals surface area contributed by atoms with Crippen molar-refractivity contribution in [3.05, 3.63) is 51.0 Å². The molecule has 0 spiro atoms. The molecule has 10 nitrogen and oxygen atoms in total. The first kappa shape index (κ1) is 27.0. The third-order valence-corrected chi connectivity index (χ3v) is 6.35. The molecular formula is C27H30ClN7O3. The van der Waals surface area contributed by atoms with E-state index in [2.05, 4.69) is 33.2 Å². The van der Waals surface area contributed by atoms with Gasteiger partial charge in [0.15, 0.2) is 11.2 Å². The number of aromatic nitrogens is 4. The first-order valence-electron chi connectivity index (χ1n) is 12.4. The zero-order valence-corrected chi connectivity index (χ0v) is 22.7. The van der Waals surface area contributed by atoms with Crippen molar-refractivity contribution in [2.75, 3.05) is 18.0 Å². The molecule has 1 aliphatic heterocycles. The van der Waals surface area contributed by atoms with Gasteiger partial charge in [0, 0.05) is 19.1 Å². The van der Waals surface area contributed by atoms with Gasteiger partial charge in [-0.25, -0.2) is 4.79 Å². The number of halogens is 1. The summed E-state index contributed by atoms with van der Waals surface area (Å²) < 4.78 is 8.57. The van der Waals surface area contributed by atoms with Gasteiger partial charge in [0.2, 0.25) is 11.2 Å². The van der Waals surface area contributed by atoms with Gasteiger partial charge in [-0.2, -0.15) is 15.2 Å². The van der Waals surface area contributed by atoms with Crippen molar-refractivity contribution in [1.82, 2.24) is 24.4 Å². The molecule has 0 aliphatic carbocycles. The normalized spacial score (nSPS) is 15.5. The maximum Gasteiger partial charge on any atom is 0.407 e. The lowest BCUT2D eigenvalue weighted by Crippen LogP contribution is -2.49. The Balaban J connectivity index is 1.69. The summed E-state index contributed by atoms with van der Waals surface area (Å²) in [6.07, 6.45) is 1.15. The van der Waals surface area contributed by atoms with Crippen LogP contribution < -0.4 is 15.8 Å². The van der Waals surface area contributed by atoms with Gasteiger partial charge in [-0.05, 0) is 69.8 Å². The van der Waals surface area contributed by atoms with Gasteiger partial charge in [0.1, 0.15) is 5.60 Å². The fourth-order valence-corrected chi connectivity index (χ4v) is 4.60. The summed E-state index contributed by atoms with van der Waals surface area (Å²) in [4.78, 5) is 37.2. The highest BCUT2D eigenvalue weighted by molar-refractivity contribution is 6.28. The number of hydrogen-bond donors (Lipinski definition) is 1. The maximum atomic E-state index is 13.7. The number of alkyl carbamates (subject to hydrolysis) is 1. The number of fused-ring (bicyclic) bond motifs is 1. The van der Waals surface area contributed by atoms with Gasteiger partial charge in [-0.3, -0.25) is 13.9 Å². The summed E-state index contributed by atoms with van der Waals surface area (Å²) >= 11 is 6.45. The van der Waals surface area contributed by atoms with Gasteiger partial charge < -0.3 is 15.0 Å². The van der Waals surface area contributed by atoms with Crippen molar-refractivity contribution in [3.8, 4) is 17.9 Å². The lowest BCUT2D eigenvalue weighted by atomic mass is 10.1. The highest BCUT2D eigenvalue weighted by Gasteiger charge is 2.28. The number of benzene rings is 1. The largest absolute Gasteiger partial charge is 0.444 e. The second-order valence-electron chi connectivity index (χ2n) is 10.1. The highest BCUT2D eigenvalue weighted by Crippen LogP contribution is 2.24. The second-order valence-corrected chi connectivity index (χ2v) is 10.4.